The molecule has 0 radical (unpaired) electrons. The molecule has 5 rings (SSSR count). The lowest BCUT2D eigenvalue weighted by Gasteiger charge is -2.12. The van der Waals surface area contributed by atoms with Crippen molar-refractivity contribution < 1.29 is 0 Å². The van der Waals surface area contributed by atoms with Gasteiger partial charge in [0.15, 0.2) is 5.13 Å². The molecule has 8 heteroatoms. The van der Waals surface area contributed by atoms with Crippen molar-refractivity contribution >= 4 is 44.9 Å². The van der Waals surface area contributed by atoms with Gasteiger partial charge in [-0.05, 0) is 87.9 Å². The average Bonchev–Trinajstić information content (AvgIpc) is 3.48. The molecule has 0 saturated carbocycles. The van der Waals surface area contributed by atoms with E-state index in [1.807, 2.05) is 55.5 Å². The van der Waals surface area contributed by atoms with Crippen molar-refractivity contribution in [2.24, 2.45) is 0 Å². The number of nitrogen functional groups attached to an aromatic ring is 1. The monoisotopic (exact) mass is 523 g/mol. The summed E-state index contributed by atoms with van der Waals surface area (Å²) in [5.41, 5.74) is 15.5. The SMILES string of the molecule is C=C(Nc1ccccc1N)c1ccc(Nc2nc(-c3c(C)nc4cc(CCCN(C)C)ccn34)cs2)cc1. The van der Waals surface area contributed by atoms with Crippen molar-refractivity contribution in [1.82, 2.24) is 19.3 Å². The Morgan fingerprint density at radius 1 is 1.08 bits per heavy atom. The highest BCUT2D eigenvalue weighted by atomic mass is 32.1. The largest absolute Gasteiger partial charge is 0.397 e. The molecule has 0 aliphatic heterocycles. The van der Waals surface area contributed by atoms with Gasteiger partial charge in [0.25, 0.3) is 0 Å². The molecular formula is C30H33N7S. The van der Waals surface area contributed by atoms with Crippen LogP contribution in [0.4, 0.5) is 22.2 Å². The first kappa shape index (κ1) is 25.5. The van der Waals surface area contributed by atoms with Gasteiger partial charge in [0.05, 0.1) is 22.8 Å². The van der Waals surface area contributed by atoms with E-state index < -0.39 is 0 Å². The summed E-state index contributed by atoms with van der Waals surface area (Å²) in [7, 11) is 4.22. The smallest absolute Gasteiger partial charge is 0.187 e. The number of pyridine rings is 1. The minimum absolute atomic E-state index is 0.688. The van der Waals surface area contributed by atoms with E-state index in [1.54, 1.807) is 11.3 Å². The van der Waals surface area contributed by atoms with Crippen LogP contribution in [0.3, 0.4) is 0 Å². The molecule has 0 saturated heterocycles. The molecule has 0 unspecified atom stereocenters. The fraction of sp³-hybridized carbons (Fsp3) is 0.200. The predicted molar refractivity (Wildman–Crippen MR) is 161 cm³/mol. The minimum Gasteiger partial charge on any atom is -0.397 e. The number of imidazole rings is 1. The first-order chi connectivity index (χ1) is 18.4. The van der Waals surface area contributed by atoms with Gasteiger partial charge in [-0.2, -0.15) is 0 Å². The van der Waals surface area contributed by atoms with Crippen molar-refractivity contribution in [3.8, 4) is 11.4 Å². The molecule has 0 amide bonds. The van der Waals surface area contributed by atoms with Crippen LogP contribution in [0.25, 0.3) is 22.7 Å². The number of benzene rings is 2. The Labute approximate surface area is 227 Å². The Kier molecular flexibility index (Phi) is 7.44. The zero-order valence-corrected chi connectivity index (χ0v) is 22.8. The van der Waals surface area contributed by atoms with E-state index in [0.29, 0.717) is 5.69 Å². The van der Waals surface area contributed by atoms with Gasteiger partial charge < -0.3 is 21.3 Å². The number of fused-ring (bicyclic) bond motifs is 1. The first-order valence-electron chi connectivity index (χ1n) is 12.6. The summed E-state index contributed by atoms with van der Waals surface area (Å²) < 4.78 is 2.14. The second-order valence-corrected chi connectivity index (χ2v) is 10.5. The van der Waals surface area contributed by atoms with Gasteiger partial charge in [-0.3, -0.25) is 4.40 Å². The summed E-state index contributed by atoms with van der Waals surface area (Å²) in [5.74, 6) is 0. The maximum absolute atomic E-state index is 6.04. The van der Waals surface area contributed by atoms with E-state index in [1.165, 1.54) is 5.56 Å². The highest BCUT2D eigenvalue weighted by molar-refractivity contribution is 7.14. The lowest BCUT2D eigenvalue weighted by atomic mass is 10.1. The molecule has 2 aromatic carbocycles. The molecular weight excluding hydrogens is 490 g/mol. The maximum Gasteiger partial charge on any atom is 0.187 e. The molecule has 7 nitrogen and oxygen atoms in total. The molecule has 3 heterocycles. The van der Waals surface area contributed by atoms with Crippen molar-refractivity contribution in [2.45, 2.75) is 19.8 Å². The number of para-hydroxylation sites is 2. The number of anilines is 4. The number of aryl methyl sites for hydroxylation is 2. The van der Waals surface area contributed by atoms with Crippen LogP contribution in [-0.2, 0) is 6.42 Å². The third-order valence-corrected chi connectivity index (χ3v) is 7.17. The standard InChI is InChI=1S/C30H33N7S/c1-20(32-26-10-6-5-9-25(26)31)23-11-13-24(14-12-23)34-30-35-27(19-38-30)29-21(2)33-28-18-22(15-17-37(28)29)8-7-16-36(3)4/h5-6,9-15,17-19,32H,1,7-8,16,31H2,2-4H3,(H,34,35). The van der Waals surface area contributed by atoms with Crippen LogP contribution >= 0.6 is 11.3 Å². The fourth-order valence-electron chi connectivity index (χ4n) is 4.43. The summed E-state index contributed by atoms with van der Waals surface area (Å²) in [6.45, 7) is 7.28. The third kappa shape index (κ3) is 5.72. The number of hydrogen-bond acceptors (Lipinski definition) is 7. The lowest BCUT2D eigenvalue weighted by Crippen LogP contribution is -2.13. The summed E-state index contributed by atoms with van der Waals surface area (Å²) in [4.78, 5) is 11.9. The summed E-state index contributed by atoms with van der Waals surface area (Å²) in [6.07, 6.45) is 4.29. The van der Waals surface area contributed by atoms with Crippen LogP contribution in [0.1, 0.15) is 23.2 Å². The normalized spacial score (nSPS) is 11.3. The molecule has 0 aliphatic rings. The third-order valence-electron chi connectivity index (χ3n) is 6.41. The molecule has 0 spiro atoms. The Morgan fingerprint density at radius 2 is 1.87 bits per heavy atom. The number of nitrogens with one attached hydrogen (secondary N) is 2. The van der Waals surface area contributed by atoms with Gasteiger partial charge in [0, 0.05) is 23.0 Å². The Hall–Kier alpha value is -4.14. The van der Waals surface area contributed by atoms with E-state index >= 15 is 0 Å². The van der Waals surface area contributed by atoms with Gasteiger partial charge in [0.2, 0.25) is 0 Å². The molecule has 38 heavy (non-hydrogen) atoms. The zero-order valence-electron chi connectivity index (χ0n) is 22.0. The number of hydrogen-bond donors (Lipinski definition) is 3. The Balaban J connectivity index is 1.27. The fourth-order valence-corrected chi connectivity index (χ4v) is 5.15. The van der Waals surface area contributed by atoms with Crippen LogP contribution in [0.2, 0.25) is 0 Å². The molecule has 0 atom stereocenters. The second-order valence-electron chi connectivity index (χ2n) is 9.65. The Morgan fingerprint density at radius 3 is 2.63 bits per heavy atom. The van der Waals surface area contributed by atoms with Crippen LogP contribution in [-0.4, -0.2) is 39.9 Å². The number of nitrogens with zero attached hydrogens (tertiary/aromatic N) is 4. The van der Waals surface area contributed by atoms with E-state index in [2.05, 4.69) is 64.3 Å². The molecule has 4 N–H and O–H groups in total. The molecule has 0 aliphatic carbocycles. The molecule has 5 aromatic rings. The van der Waals surface area contributed by atoms with Crippen molar-refractivity contribution in [3.63, 3.8) is 0 Å². The lowest BCUT2D eigenvalue weighted by molar-refractivity contribution is 0.400. The molecule has 3 aromatic heterocycles. The number of aromatic nitrogens is 3. The molecule has 0 fully saturated rings. The maximum atomic E-state index is 6.04. The van der Waals surface area contributed by atoms with E-state index in [0.717, 1.165) is 69.9 Å². The van der Waals surface area contributed by atoms with Crippen LogP contribution in [0.5, 0.6) is 0 Å². The van der Waals surface area contributed by atoms with Gasteiger partial charge in [-0.15, -0.1) is 11.3 Å². The highest BCUT2D eigenvalue weighted by Crippen LogP contribution is 2.31. The van der Waals surface area contributed by atoms with Gasteiger partial charge in [-0.25, -0.2) is 9.97 Å². The number of thiazole rings is 1. The quantitative estimate of drug-likeness (QED) is 0.177. The van der Waals surface area contributed by atoms with Gasteiger partial charge >= 0.3 is 0 Å². The minimum atomic E-state index is 0.688. The summed E-state index contributed by atoms with van der Waals surface area (Å²) in [6, 6.07) is 20.1. The van der Waals surface area contributed by atoms with Crippen LogP contribution in [0.15, 0.2) is 78.8 Å². The van der Waals surface area contributed by atoms with E-state index in [4.69, 9.17) is 15.7 Å². The van der Waals surface area contributed by atoms with E-state index in [9.17, 15) is 0 Å². The van der Waals surface area contributed by atoms with Gasteiger partial charge in [-0.1, -0.05) is 30.8 Å². The van der Waals surface area contributed by atoms with Crippen molar-refractivity contribution in [2.75, 3.05) is 37.0 Å². The van der Waals surface area contributed by atoms with Crippen LogP contribution in [0, 0.1) is 6.92 Å². The van der Waals surface area contributed by atoms with Crippen molar-refractivity contribution in [1.29, 1.82) is 0 Å². The van der Waals surface area contributed by atoms with E-state index in [-0.39, 0.29) is 0 Å². The number of nitrogens with two attached hydrogens (primary N) is 1. The molecule has 194 valence electrons. The summed E-state index contributed by atoms with van der Waals surface area (Å²) >= 11 is 1.58. The van der Waals surface area contributed by atoms with Crippen molar-refractivity contribution in [3.05, 3.63) is 95.6 Å². The summed E-state index contributed by atoms with van der Waals surface area (Å²) in [5, 5.41) is 9.62. The average molecular weight is 524 g/mol. The Bertz CT molecular complexity index is 1560. The zero-order chi connectivity index (χ0) is 26.6. The topological polar surface area (TPSA) is 83.5 Å². The molecule has 0 bridgehead atoms. The second kappa shape index (κ2) is 11.1. The van der Waals surface area contributed by atoms with Crippen LogP contribution < -0.4 is 16.4 Å². The number of rotatable bonds is 10. The highest BCUT2D eigenvalue weighted by Gasteiger charge is 2.15. The van der Waals surface area contributed by atoms with Gasteiger partial charge in [0.1, 0.15) is 11.3 Å². The predicted octanol–water partition coefficient (Wildman–Crippen LogP) is 6.67. The first-order valence-corrected chi connectivity index (χ1v) is 13.5.